The number of carbonyl (C=O) groups excluding carboxylic acids is 2. The van der Waals surface area contributed by atoms with Gasteiger partial charge in [0.25, 0.3) is 0 Å². The molecule has 1 heterocycles. The summed E-state index contributed by atoms with van der Waals surface area (Å²) in [5.74, 6) is -1.03. The number of aryl methyl sites for hydroxylation is 1. The molecule has 0 aliphatic rings. The summed E-state index contributed by atoms with van der Waals surface area (Å²) >= 11 is 6.93. The van der Waals surface area contributed by atoms with Gasteiger partial charge in [-0.3, -0.25) is 9.59 Å². The minimum Gasteiger partial charge on any atom is -0.324 e. The van der Waals surface area contributed by atoms with Crippen molar-refractivity contribution in [3.8, 4) is 0 Å². The molecule has 0 aliphatic carbocycles. The van der Waals surface area contributed by atoms with Gasteiger partial charge in [0.15, 0.2) is 5.78 Å². The molecule has 0 saturated carbocycles. The number of benzene rings is 1. The van der Waals surface area contributed by atoms with Gasteiger partial charge in [0.05, 0.1) is 14.9 Å². The molecule has 0 atom stereocenters. The molecule has 0 saturated heterocycles. The third-order valence-electron chi connectivity index (χ3n) is 2.82. The SMILES string of the molecule is Cc1ccc(F)c(NC(=O)CCC(=O)c2ccc(Cl)s2)c1. The summed E-state index contributed by atoms with van der Waals surface area (Å²) in [6, 6.07) is 7.74. The molecule has 0 unspecified atom stereocenters. The fraction of sp³-hybridized carbons (Fsp3) is 0.200. The Morgan fingerprint density at radius 1 is 1.24 bits per heavy atom. The maximum Gasteiger partial charge on any atom is 0.224 e. The van der Waals surface area contributed by atoms with Crippen molar-refractivity contribution in [1.29, 1.82) is 0 Å². The van der Waals surface area contributed by atoms with E-state index in [2.05, 4.69) is 5.32 Å². The number of nitrogens with one attached hydrogen (secondary N) is 1. The lowest BCUT2D eigenvalue weighted by Gasteiger charge is -2.06. The van der Waals surface area contributed by atoms with E-state index in [1.807, 2.05) is 0 Å². The van der Waals surface area contributed by atoms with E-state index >= 15 is 0 Å². The zero-order valence-electron chi connectivity index (χ0n) is 11.3. The molecule has 0 aliphatic heterocycles. The minimum absolute atomic E-state index is 0.00172. The first-order valence-electron chi connectivity index (χ1n) is 6.30. The van der Waals surface area contributed by atoms with Crippen molar-refractivity contribution in [2.45, 2.75) is 19.8 Å². The molecule has 110 valence electrons. The van der Waals surface area contributed by atoms with E-state index in [1.165, 1.54) is 17.4 Å². The van der Waals surface area contributed by atoms with E-state index in [-0.39, 0.29) is 24.3 Å². The maximum atomic E-state index is 13.5. The average Bonchev–Trinajstić information content (AvgIpc) is 2.87. The summed E-state index contributed by atoms with van der Waals surface area (Å²) in [4.78, 5) is 24.1. The zero-order valence-corrected chi connectivity index (χ0v) is 12.9. The highest BCUT2D eigenvalue weighted by molar-refractivity contribution is 7.18. The van der Waals surface area contributed by atoms with Crippen LogP contribution in [0.5, 0.6) is 0 Å². The lowest BCUT2D eigenvalue weighted by atomic mass is 10.1. The van der Waals surface area contributed by atoms with Crippen molar-refractivity contribution in [2.24, 2.45) is 0 Å². The van der Waals surface area contributed by atoms with Crippen LogP contribution in [0, 0.1) is 12.7 Å². The number of amides is 1. The second-order valence-electron chi connectivity index (χ2n) is 4.56. The molecular weight excluding hydrogens is 313 g/mol. The molecule has 21 heavy (non-hydrogen) atoms. The van der Waals surface area contributed by atoms with Gasteiger partial charge in [0.2, 0.25) is 5.91 Å². The van der Waals surface area contributed by atoms with Crippen LogP contribution in [0.15, 0.2) is 30.3 Å². The van der Waals surface area contributed by atoms with E-state index in [0.29, 0.717) is 9.21 Å². The predicted octanol–water partition coefficient (Wildman–Crippen LogP) is 4.45. The molecule has 1 N–H and O–H groups in total. The Kier molecular flexibility index (Phi) is 5.09. The monoisotopic (exact) mass is 325 g/mol. The normalized spacial score (nSPS) is 10.4. The smallest absolute Gasteiger partial charge is 0.224 e. The summed E-state index contributed by atoms with van der Waals surface area (Å²) in [6.07, 6.45) is 0.0673. The van der Waals surface area contributed by atoms with Crippen LogP contribution in [-0.2, 0) is 4.79 Å². The lowest BCUT2D eigenvalue weighted by molar-refractivity contribution is -0.116. The second kappa shape index (κ2) is 6.83. The summed E-state index contributed by atoms with van der Waals surface area (Å²) in [5, 5.41) is 2.47. The number of thiophene rings is 1. The number of hydrogen-bond donors (Lipinski definition) is 1. The first kappa shape index (κ1) is 15.7. The molecule has 6 heteroatoms. The van der Waals surface area contributed by atoms with E-state index in [9.17, 15) is 14.0 Å². The van der Waals surface area contributed by atoms with Crippen LogP contribution in [0.2, 0.25) is 4.34 Å². The van der Waals surface area contributed by atoms with E-state index < -0.39 is 11.7 Å². The van der Waals surface area contributed by atoms with Crippen LogP contribution in [0.25, 0.3) is 0 Å². The van der Waals surface area contributed by atoms with Crippen molar-refractivity contribution in [2.75, 3.05) is 5.32 Å². The van der Waals surface area contributed by atoms with Gasteiger partial charge < -0.3 is 5.32 Å². The summed E-state index contributed by atoms with van der Waals surface area (Å²) in [5.41, 5.74) is 0.975. The van der Waals surface area contributed by atoms with Crippen LogP contribution < -0.4 is 5.32 Å². The quantitative estimate of drug-likeness (QED) is 0.825. The predicted molar refractivity (Wildman–Crippen MR) is 82.7 cm³/mol. The van der Waals surface area contributed by atoms with Crippen LogP contribution in [0.3, 0.4) is 0 Å². The number of Topliss-reactive ketones (excluding diaryl/α,β-unsaturated/α-hetero) is 1. The van der Waals surface area contributed by atoms with E-state index in [4.69, 9.17) is 11.6 Å². The molecule has 1 amide bonds. The Bertz CT molecular complexity index is 684. The van der Waals surface area contributed by atoms with Crippen molar-refractivity contribution in [1.82, 2.24) is 0 Å². The van der Waals surface area contributed by atoms with Crippen LogP contribution in [-0.4, -0.2) is 11.7 Å². The van der Waals surface area contributed by atoms with Crippen molar-refractivity contribution in [3.05, 3.63) is 50.9 Å². The fourth-order valence-corrected chi connectivity index (χ4v) is 2.77. The topological polar surface area (TPSA) is 46.2 Å². The molecule has 0 fully saturated rings. The average molecular weight is 326 g/mol. The van der Waals surface area contributed by atoms with Gasteiger partial charge in [-0.05, 0) is 36.8 Å². The molecule has 2 aromatic rings. The summed E-state index contributed by atoms with van der Waals surface area (Å²) in [7, 11) is 0. The fourth-order valence-electron chi connectivity index (χ4n) is 1.76. The maximum absolute atomic E-state index is 13.5. The van der Waals surface area contributed by atoms with Gasteiger partial charge in [0, 0.05) is 12.8 Å². The molecule has 1 aromatic carbocycles. The molecule has 0 bridgehead atoms. The van der Waals surface area contributed by atoms with Gasteiger partial charge in [-0.15, -0.1) is 11.3 Å². The van der Waals surface area contributed by atoms with Gasteiger partial charge in [0.1, 0.15) is 5.82 Å². The number of ketones is 1. The second-order valence-corrected chi connectivity index (χ2v) is 6.27. The van der Waals surface area contributed by atoms with Gasteiger partial charge in [-0.1, -0.05) is 17.7 Å². The van der Waals surface area contributed by atoms with Gasteiger partial charge in [-0.25, -0.2) is 4.39 Å². The van der Waals surface area contributed by atoms with Crippen LogP contribution in [0.4, 0.5) is 10.1 Å². The Morgan fingerprint density at radius 3 is 2.67 bits per heavy atom. The van der Waals surface area contributed by atoms with Crippen LogP contribution in [0.1, 0.15) is 28.1 Å². The first-order chi connectivity index (χ1) is 9.95. The Balaban J connectivity index is 1.90. The number of halogens is 2. The Hall–Kier alpha value is -1.72. The Labute approximate surface area is 130 Å². The lowest BCUT2D eigenvalue weighted by Crippen LogP contribution is -2.14. The summed E-state index contributed by atoms with van der Waals surface area (Å²) in [6.45, 7) is 1.80. The molecule has 0 radical (unpaired) electrons. The number of rotatable bonds is 5. The van der Waals surface area contributed by atoms with E-state index in [0.717, 1.165) is 5.56 Å². The standard InChI is InChI=1S/C15H13ClFNO2S/c1-9-2-3-10(17)11(8-9)18-15(20)7-4-12(19)13-5-6-14(16)21-13/h2-3,5-6,8H,4,7H2,1H3,(H,18,20). The number of carbonyl (C=O) groups is 2. The highest BCUT2D eigenvalue weighted by atomic mass is 35.5. The van der Waals surface area contributed by atoms with Gasteiger partial charge >= 0.3 is 0 Å². The van der Waals surface area contributed by atoms with Crippen molar-refractivity contribution >= 4 is 40.3 Å². The van der Waals surface area contributed by atoms with Crippen molar-refractivity contribution in [3.63, 3.8) is 0 Å². The molecular formula is C15H13ClFNO2S. The van der Waals surface area contributed by atoms with E-state index in [1.54, 1.807) is 31.2 Å². The third-order valence-corrected chi connectivity index (χ3v) is 4.10. The minimum atomic E-state index is -0.495. The van der Waals surface area contributed by atoms with Gasteiger partial charge in [-0.2, -0.15) is 0 Å². The molecule has 1 aromatic heterocycles. The van der Waals surface area contributed by atoms with Crippen molar-refractivity contribution < 1.29 is 14.0 Å². The number of anilines is 1. The third kappa shape index (κ3) is 4.37. The zero-order chi connectivity index (χ0) is 15.4. The largest absolute Gasteiger partial charge is 0.324 e. The number of hydrogen-bond acceptors (Lipinski definition) is 3. The molecule has 2 rings (SSSR count). The van der Waals surface area contributed by atoms with Crippen LogP contribution >= 0.6 is 22.9 Å². The first-order valence-corrected chi connectivity index (χ1v) is 7.49. The molecule has 0 spiro atoms. The summed E-state index contributed by atoms with van der Waals surface area (Å²) < 4.78 is 14.0. The highest BCUT2D eigenvalue weighted by Gasteiger charge is 2.12. The molecule has 3 nitrogen and oxygen atoms in total. The highest BCUT2D eigenvalue weighted by Crippen LogP contribution is 2.23. The Morgan fingerprint density at radius 2 is 2.00 bits per heavy atom.